The molecule has 1 amide bonds. The van der Waals surface area contributed by atoms with Gasteiger partial charge in [0.2, 0.25) is 0 Å². The minimum Gasteiger partial charge on any atom is -0.444 e. The van der Waals surface area contributed by atoms with E-state index in [1.807, 2.05) is 20.8 Å². The monoisotopic (exact) mass is 419 g/mol. The number of amides is 1. The van der Waals surface area contributed by atoms with Crippen molar-refractivity contribution in [2.24, 2.45) is 18.4 Å². The first-order chi connectivity index (χ1) is 13.5. The zero-order chi connectivity index (χ0) is 21.1. The number of carbonyl (C=O) groups excluding carboxylic acids is 1. The van der Waals surface area contributed by atoms with Crippen LogP contribution in [0.2, 0.25) is 5.02 Å². The highest BCUT2D eigenvalue weighted by Crippen LogP contribution is 2.56. The zero-order valence-electron chi connectivity index (χ0n) is 17.1. The van der Waals surface area contributed by atoms with E-state index in [2.05, 4.69) is 5.10 Å². The summed E-state index contributed by atoms with van der Waals surface area (Å²) >= 11 is 6.23. The molecule has 2 aromatic rings. The number of aliphatic hydroxyl groups excluding tert-OH is 1. The number of benzene rings is 1. The minimum atomic E-state index is -0.704. The summed E-state index contributed by atoms with van der Waals surface area (Å²) in [6.07, 6.45) is 2.26. The van der Waals surface area contributed by atoms with Gasteiger partial charge >= 0.3 is 6.09 Å². The van der Waals surface area contributed by atoms with Crippen molar-refractivity contribution in [3.63, 3.8) is 0 Å². The Balaban J connectivity index is 1.46. The van der Waals surface area contributed by atoms with Crippen LogP contribution in [0.5, 0.6) is 0 Å². The van der Waals surface area contributed by atoms with Crippen molar-refractivity contribution < 1.29 is 14.6 Å². The van der Waals surface area contributed by atoms with Gasteiger partial charge in [0.25, 0.3) is 5.56 Å². The molecule has 1 spiro atoms. The van der Waals surface area contributed by atoms with Crippen LogP contribution < -0.4 is 5.56 Å². The molecule has 1 saturated carbocycles. The predicted molar refractivity (Wildman–Crippen MR) is 110 cm³/mol. The maximum absolute atomic E-state index is 12.4. The lowest BCUT2D eigenvalue weighted by Crippen LogP contribution is -2.64. The van der Waals surface area contributed by atoms with Crippen molar-refractivity contribution in [1.82, 2.24) is 14.7 Å². The van der Waals surface area contributed by atoms with E-state index in [-0.39, 0.29) is 23.0 Å². The number of fused-ring (bicyclic) bond motifs is 1. The summed E-state index contributed by atoms with van der Waals surface area (Å²) in [5, 5.41) is 16.4. The average molecular weight is 420 g/mol. The first-order valence-electron chi connectivity index (χ1n) is 9.80. The Morgan fingerprint density at radius 1 is 1.34 bits per heavy atom. The second-order valence-electron chi connectivity index (χ2n) is 9.45. The van der Waals surface area contributed by atoms with Crippen molar-refractivity contribution in [2.45, 2.75) is 45.3 Å². The fraction of sp³-hybridized carbons (Fsp3) is 0.571. The third kappa shape index (κ3) is 3.51. The Hall–Kier alpha value is -2.12. The molecular formula is C21H26ClN3O4. The molecule has 1 N–H and O–H groups in total. The normalized spacial score (nSPS) is 19.7. The summed E-state index contributed by atoms with van der Waals surface area (Å²) < 4.78 is 6.65. The van der Waals surface area contributed by atoms with Crippen molar-refractivity contribution in [3.05, 3.63) is 39.3 Å². The maximum atomic E-state index is 12.4. The number of rotatable bonds is 2. The molecule has 2 fully saturated rings. The third-order valence-corrected chi connectivity index (χ3v) is 6.27. The molecule has 4 rings (SSSR count). The highest BCUT2D eigenvalue weighted by molar-refractivity contribution is 6.35. The number of aryl methyl sites for hydroxylation is 1. The fourth-order valence-electron chi connectivity index (χ4n) is 4.59. The van der Waals surface area contributed by atoms with E-state index in [9.17, 15) is 14.7 Å². The fourth-order valence-corrected chi connectivity index (χ4v) is 4.83. The number of nitrogens with zero attached hydrogens (tertiary/aromatic N) is 3. The van der Waals surface area contributed by atoms with Gasteiger partial charge in [-0.15, -0.1) is 0 Å². The Labute approximate surface area is 174 Å². The van der Waals surface area contributed by atoms with E-state index in [1.54, 1.807) is 30.3 Å². The molecule has 7 nitrogen and oxygen atoms in total. The van der Waals surface area contributed by atoms with E-state index in [1.165, 1.54) is 4.68 Å². The SMILES string of the molecule is Cn1ncc2c(C(O)C3CC4(C3)CN(C(=O)OC(C)(C)C)C4)ccc(Cl)c2c1=O. The van der Waals surface area contributed by atoms with Gasteiger partial charge in [0.1, 0.15) is 5.60 Å². The highest BCUT2D eigenvalue weighted by Gasteiger charge is 2.56. The van der Waals surface area contributed by atoms with Gasteiger partial charge in [-0.1, -0.05) is 17.7 Å². The van der Waals surface area contributed by atoms with E-state index < -0.39 is 11.7 Å². The smallest absolute Gasteiger partial charge is 0.410 e. The van der Waals surface area contributed by atoms with Crippen molar-refractivity contribution in [3.8, 4) is 0 Å². The number of aromatic nitrogens is 2. The quantitative estimate of drug-likeness (QED) is 0.807. The molecule has 2 heterocycles. The Morgan fingerprint density at radius 2 is 2.00 bits per heavy atom. The van der Waals surface area contributed by atoms with E-state index in [0.717, 1.165) is 12.8 Å². The van der Waals surface area contributed by atoms with Gasteiger partial charge in [0.05, 0.1) is 22.7 Å². The van der Waals surface area contributed by atoms with Crippen LogP contribution in [-0.4, -0.2) is 44.6 Å². The Kier molecular flexibility index (Phi) is 4.66. The summed E-state index contributed by atoms with van der Waals surface area (Å²) in [6.45, 7) is 6.89. The number of hydrogen-bond donors (Lipinski definition) is 1. The molecular weight excluding hydrogens is 394 g/mol. The van der Waals surface area contributed by atoms with Gasteiger partial charge < -0.3 is 14.7 Å². The van der Waals surface area contributed by atoms with Gasteiger partial charge in [-0.25, -0.2) is 9.48 Å². The highest BCUT2D eigenvalue weighted by atomic mass is 35.5. The summed E-state index contributed by atoms with van der Waals surface area (Å²) in [6, 6.07) is 3.43. The number of halogens is 1. The predicted octanol–water partition coefficient (Wildman–Crippen LogP) is 3.27. The number of hydrogen-bond acceptors (Lipinski definition) is 5. The molecule has 1 atom stereocenters. The van der Waals surface area contributed by atoms with Crippen LogP contribution in [0, 0.1) is 11.3 Å². The van der Waals surface area contributed by atoms with Crippen molar-refractivity contribution >= 4 is 28.5 Å². The van der Waals surface area contributed by atoms with Crippen molar-refractivity contribution in [1.29, 1.82) is 0 Å². The number of carbonyl (C=O) groups is 1. The van der Waals surface area contributed by atoms with Crippen LogP contribution in [0.15, 0.2) is 23.1 Å². The van der Waals surface area contributed by atoms with Gasteiger partial charge in [0, 0.05) is 30.9 Å². The summed E-state index contributed by atoms with van der Waals surface area (Å²) in [5.41, 5.74) is -0.0330. The van der Waals surface area contributed by atoms with E-state index in [0.29, 0.717) is 34.4 Å². The molecule has 0 radical (unpaired) electrons. The van der Waals surface area contributed by atoms with Gasteiger partial charge in [0.15, 0.2) is 0 Å². The summed E-state index contributed by atoms with van der Waals surface area (Å²) in [4.78, 5) is 26.3. The largest absolute Gasteiger partial charge is 0.444 e. The van der Waals surface area contributed by atoms with Crippen LogP contribution in [0.4, 0.5) is 4.79 Å². The molecule has 1 aromatic carbocycles. The molecule has 1 saturated heterocycles. The Morgan fingerprint density at radius 3 is 2.62 bits per heavy atom. The van der Waals surface area contributed by atoms with Crippen LogP contribution in [0.3, 0.4) is 0 Å². The number of aliphatic hydroxyl groups is 1. The molecule has 1 unspecified atom stereocenters. The van der Waals surface area contributed by atoms with Crippen molar-refractivity contribution in [2.75, 3.05) is 13.1 Å². The summed E-state index contributed by atoms with van der Waals surface area (Å²) in [7, 11) is 1.57. The van der Waals surface area contributed by atoms with Crippen LogP contribution >= 0.6 is 11.6 Å². The number of ether oxygens (including phenoxy) is 1. The van der Waals surface area contributed by atoms with Gasteiger partial charge in [-0.05, 0) is 51.2 Å². The second kappa shape index (κ2) is 6.71. The average Bonchev–Trinajstić information content (AvgIpc) is 2.54. The molecule has 1 aliphatic carbocycles. The molecule has 2 aliphatic rings. The number of likely N-dealkylation sites (tertiary alicyclic amines) is 1. The van der Waals surface area contributed by atoms with E-state index >= 15 is 0 Å². The first-order valence-corrected chi connectivity index (χ1v) is 10.2. The molecule has 156 valence electrons. The molecule has 8 heteroatoms. The standard InChI is InChI=1S/C21H26ClN3O4/c1-20(2,3)29-19(28)25-10-21(11-25)7-12(8-21)17(26)13-5-6-15(22)16-14(13)9-23-24(4)18(16)27/h5-6,9,12,17,26H,7-8,10-11H2,1-4H3. The van der Waals surface area contributed by atoms with Crippen LogP contribution in [0.25, 0.3) is 10.8 Å². The topological polar surface area (TPSA) is 84.7 Å². The first kappa shape index (κ1) is 20.2. The van der Waals surface area contributed by atoms with Crippen LogP contribution in [0.1, 0.15) is 45.3 Å². The molecule has 1 aliphatic heterocycles. The maximum Gasteiger partial charge on any atom is 0.410 e. The second-order valence-corrected chi connectivity index (χ2v) is 9.86. The Bertz CT molecular complexity index is 1030. The lowest BCUT2D eigenvalue weighted by Gasteiger charge is -2.59. The zero-order valence-corrected chi connectivity index (χ0v) is 17.9. The molecule has 0 bridgehead atoms. The lowest BCUT2D eigenvalue weighted by atomic mass is 9.56. The molecule has 29 heavy (non-hydrogen) atoms. The van der Waals surface area contributed by atoms with Gasteiger partial charge in [-0.3, -0.25) is 4.79 Å². The summed E-state index contributed by atoms with van der Waals surface area (Å²) in [5.74, 6) is 0.0734. The van der Waals surface area contributed by atoms with E-state index in [4.69, 9.17) is 16.3 Å². The molecule has 1 aromatic heterocycles. The third-order valence-electron chi connectivity index (χ3n) is 5.96. The van der Waals surface area contributed by atoms with Gasteiger partial charge in [-0.2, -0.15) is 5.10 Å². The van der Waals surface area contributed by atoms with Crippen LogP contribution in [-0.2, 0) is 11.8 Å². The lowest BCUT2D eigenvalue weighted by molar-refractivity contribution is -0.123. The minimum absolute atomic E-state index is 0.0686.